The van der Waals surface area contributed by atoms with Crippen molar-refractivity contribution in [3.05, 3.63) is 29.8 Å². The maximum absolute atomic E-state index is 12.8. The molecule has 0 bridgehead atoms. The molecule has 0 aliphatic carbocycles. The lowest BCUT2D eigenvalue weighted by molar-refractivity contribution is 0.0793. The van der Waals surface area contributed by atoms with Crippen molar-refractivity contribution < 1.29 is 13.2 Å². The van der Waals surface area contributed by atoms with Crippen LogP contribution in [-0.4, -0.2) is 50.2 Å². The van der Waals surface area contributed by atoms with Crippen molar-refractivity contribution in [2.45, 2.75) is 44.4 Å². The second-order valence-corrected chi connectivity index (χ2v) is 8.63. The first-order valence-electron chi connectivity index (χ1n) is 8.72. The molecule has 6 heteroatoms. The van der Waals surface area contributed by atoms with Crippen molar-refractivity contribution in [3.8, 4) is 0 Å². The molecule has 0 N–H and O–H groups in total. The summed E-state index contributed by atoms with van der Waals surface area (Å²) in [4.78, 5) is 14.3. The third kappa shape index (κ3) is 4.36. The molecule has 1 aromatic carbocycles. The Kier molecular flexibility index (Phi) is 6.40. The fourth-order valence-electron chi connectivity index (χ4n) is 2.88. The number of nitrogens with zero attached hydrogens (tertiary/aromatic N) is 2. The highest BCUT2D eigenvalue weighted by atomic mass is 32.2. The SMILES string of the molecule is CCCCN(C)C(=O)c1cccc(S(=O)(=O)N2CCC(C)CC2)c1. The van der Waals surface area contributed by atoms with E-state index in [1.54, 1.807) is 30.1 Å². The molecule has 24 heavy (non-hydrogen) atoms. The molecule has 1 heterocycles. The molecule has 1 amide bonds. The van der Waals surface area contributed by atoms with Crippen molar-refractivity contribution in [2.24, 2.45) is 5.92 Å². The van der Waals surface area contributed by atoms with Gasteiger partial charge in [0.05, 0.1) is 4.90 Å². The number of rotatable bonds is 6. The minimum absolute atomic E-state index is 0.132. The van der Waals surface area contributed by atoms with E-state index in [4.69, 9.17) is 0 Å². The Morgan fingerprint density at radius 1 is 1.29 bits per heavy atom. The molecule has 1 aromatic rings. The van der Waals surface area contributed by atoms with E-state index in [0.717, 1.165) is 25.7 Å². The normalized spacial score (nSPS) is 17.0. The van der Waals surface area contributed by atoms with E-state index in [1.807, 2.05) is 0 Å². The van der Waals surface area contributed by atoms with E-state index < -0.39 is 10.0 Å². The Morgan fingerprint density at radius 3 is 2.58 bits per heavy atom. The first-order chi connectivity index (χ1) is 11.4. The van der Waals surface area contributed by atoms with Gasteiger partial charge in [0.2, 0.25) is 10.0 Å². The summed E-state index contributed by atoms with van der Waals surface area (Å²) in [5.74, 6) is 0.435. The second-order valence-electron chi connectivity index (χ2n) is 6.69. The summed E-state index contributed by atoms with van der Waals surface area (Å²) in [6.07, 6.45) is 3.72. The standard InChI is InChI=1S/C18H28N2O3S/c1-4-5-11-19(3)18(21)16-7-6-8-17(14-16)24(22,23)20-12-9-15(2)10-13-20/h6-8,14-15H,4-5,9-13H2,1-3H3. The van der Waals surface area contributed by atoms with Crippen molar-refractivity contribution >= 4 is 15.9 Å². The zero-order valence-electron chi connectivity index (χ0n) is 14.9. The third-order valence-electron chi connectivity index (χ3n) is 4.66. The van der Waals surface area contributed by atoms with Gasteiger partial charge in [-0.1, -0.05) is 26.3 Å². The average Bonchev–Trinajstić information content (AvgIpc) is 2.59. The van der Waals surface area contributed by atoms with Gasteiger partial charge in [-0.15, -0.1) is 0 Å². The number of sulfonamides is 1. The minimum atomic E-state index is -3.52. The monoisotopic (exact) mass is 352 g/mol. The molecular formula is C18H28N2O3S. The van der Waals surface area contributed by atoms with Crippen molar-refractivity contribution in [3.63, 3.8) is 0 Å². The van der Waals surface area contributed by atoms with Gasteiger partial charge in [-0.25, -0.2) is 8.42 Å². The van der Waals surface area contributed by atoms with E-state index >= 15 is 0 Å². The van der Waals surface area contributed by atoms with Crippen LogP contribution in [0.15, 0.2) is 29.2 Å². The van der Waals surface area contributed by atoms with E-state index in [9.17, 15) is 13.2 Å². The molecule has 134 valence electrons. The Bertz CT molecular complexity index is 665. The molecule has 1 aliphatic heterocycles. The van der Waals surface area contributed by atoms with Crippen LogP contribution in [0, 0.1) is 5.92 Å². The molecule has 1 fully saturated rings. The van der Waals surface area contributed by atoms with Gasteiger partial charge in [0.1, 0.15) is 0 Å². The lowest BCUT2D eigenvalue weighted by atomic mass is 10.0. The molecule has 1 aliphatic rings. The van der Waals surface area contributed by atoms with Crippen molar-refractivity contribution in [2.75, 3.05) is 26.7 Å². The summed E-state index contributed by atoms with van der Waals surface area (Å²) in [7, 11) is -1.77. The average molecular weight is 353 g/mol. The Morgan fingerprint density at radius 2 is 1.96 bits per heavy atom. The molecule has 1 saturated heterocycles. The Balaban J connectivity index is 2.18. The van der Waals surface area contributed by atoms with Crippen molar-refractivity contribution in [1.29, 1.82) is 0 Å². The second kappa shape index (κ2) is 8.12. The molecule has 0 atom stereocenters. The van der Waals surface area contributed by atoms with E-state index in [2.05, 4.69) is 13.8 Å². The smallest absolute Gasteiger partial charge is 0.253 e. The maximum Gasteiger partial charge on any atom is 0.253 e. The molecule has 0 unspecified atom stereocenters. The van der Waals surface area contributed by atoms with E-state index in [1.165, 1.54) is 10.4 Å². The van der Waals surface area contributed by atoms with E-state index in [-0.39, 0.29) is 10.8 Å². The van der Waals surface area contributed by atoms with Crippen LogP contribution in [0.3, 0.4) is 0 Å². The van der Waals surface area contributed by atoms with Gasteiger partial charge in [0, 0.05) is 32.2 Å². The minimum Gasteiger partial charge on any atom is -0.342 e. The zero-order valence-corrected chi connectivity index (χ0v) is 15.7. The van der Waals surface area contributed by atoms with Gasteiger partial charge >= 0.3 is 0 Å². The molecule has 0 radical (unpaired) electrons. The van der Waals surface area contributed by atoms with Gasteiger partial charge in [-0.2, -0.15) is 4.31 Å². The summed E-state index contributed by atoms with van der Waals surface area (Å²) >= 11 is 0. The number of hydrogen-bond acceptors (Lipinski definition) is 3. The number of piperidine rings is 1. The number of benzene rings is 1. The molecule has 0 saturated carbocycles. The topological polar surface area (TPSA) is 57.7 Å². The predicted octanol–water partition coefficient (Wildman–Crippen LogP) is 2.98. The molecule has 0 aromatic heterocycles. The van der Waals surface area contributed by atoms with Crippen LogP contribution in [0.1, 0.15) is 49.9 Å². The van der Waals surface area contributed by atoms with Crippen LogP contribution in [-0.2, 0) is 10.0 Å². The maximum atomic E-state index is 12.8. The summed E-state index contributed by atoms with van der Waals surface area (Å²) in [5.41, 5.74) is 0.431. The summed E-state index contributed by atoms with van der Waals surface area (Å²) in [6, 6.07) is 6.43. The van der Waals surface area contributed by atoms with Crippen LogP contribution in [0.5, 0.6) is 0 Å². The summed E-state index contributed by atoms with van der Waals surface area (Å²) in [6.45, 7) is 6.01. The van der Waals surface area contributed by atoms with Gasteiger partial charge in [0.15, 0.2) is 0 Å². The largest absolute Gasteiger partial charge is 0.342 e. The highest BCUT2D eigenvalue weighted by molar-refractivity contribution is 7.89. The number of amides is 1. The van der Waals surface area contributed by atoms with Gasteiger partial charge in [-0.05, 0) is 43.4 Å². The van der Waals surface area contributed by atoms with Crippen LogP contribution in [0.25, 0.3) is 0 Å². The molecule has 2 rings (SSSR count). The van der Waals surface area contributed by atoms with E-state index in [0.29, 0.717) is 31.1 Å². The highest BCUT2D eigenvalue weighted by Gasteiger charge is 2.28. The van der Waals surface area contributed by atoms with Crippen LogP contribution >= 0.6 is 0 Å². The predicted molar refractivity (Wildman–Crippen MR) is 95.5 cm³/mol. The number of unbranched alkanes of at least 4 members (excludes halogenated alkanes) is 1. The van der Waals surface area contributed by atoms with Crippen LogP contribution in [0.2, 0.25) is 0 Å². The van der Waals surface area contributed by atoms with Crippen LogP contribution in [0.4, 0.5) is 0 Å². The number of carbonyl (C=O) groups is 1. The fraction of sp³-hybridized carbons (Fsp3) is 0.611. The van der Waals surface area contributed by atoms with Gasteiger partial charge in [0.25, 0.3) is 5.91 Å². The Hall–Kier alpha value is -1.40. The summed E-state index contributed by atoms with van der Waals surface area (Å²) in [5, 5.41) is 0. The number of carbonyl (C=O) groups excluding carboxylic acids is 1. The van der Waals surface area contributed by atoms with Crippen molar-refractivity contribution in [1.82, 2.24) is 9.21 Å². The van der Waals surface area contributed by atoms with Gasteiger partial charge < -0.3 is 4.90 Å². The fourth-order valence-corrected chi connectivity index (χ4v) is 4.40. The quantitative estimate of drug-likeness (QED) is 0.791. The van der Waals surface area contributed by atoms with Gasteiger partial charge in [-0.3, -0.25) is 4.79 Å². The Labute approximate surface area is 145 Å². The lowest BCUT2D eigenvalue weighted by Crippen LogP contribution is -2.38. The van der Waals surface area contributed by atoms with Crippen LogP contribution < -0.4 is 0 Å². The lowest BCUT2D eigenvalue weighted by Gasteiger charge is -2.29. The first kappa shape index (κ1) is 18.9. The first-order valence-corrected chi connectivity index (χ1v) is 10.2. The molecule has 0 spiro atoms. The zero-order chi connectivity index (χ0) is 17.7. The summed E-state index contributed by atoms with van der Waals surface area (Å²) < 4.78 is 27.2. The third-order valence-corrected chi connectivity index (χ3v) is 6.55. The molecule has 5 nitrogen and oxygen atoms in total. The molecular weight excluding hydrogens is 324 g/mol. The highest BCUT2D eigenvalue weighted by Crippen LogP contribution is 2.24. The number of hydrogen-bond donors (Lipinski definition) is 0.